The van der Waals surface area contributed by atoms with Gasteiger partial charge in [0.2, 0.25) is 0 Å². The van der Waals surface area contributed by atoms with E-state index in [1.807, 2.05) is 0 Å². The van der Waals surface area contributed by atoms with E-state index in [-0.39, 0.29) is 0 Å². The lowest BCUT2D eigenvalue weighted by atomic mass is 10.0. The molecule has 0 spiro atoms. The monoisotopic (exact) mass is 250 g/mol. The van der Waals surface area contributed by atoms with E-state index in [0.29, 0.717) is 0 Å². The van der Waals surface area contributed by atoms with Crippen molar-refractivity contribution in [3.63, 3.8) is 0 Å². The Bertz CT molecular complexity index is 269. The summed E-state index contributed by atoms with van der Waals surface area (Å²) in [5.74, 6) is 0. The fraction of sp³-hybridized carbons (Fsp3) is 0.929. The quantitative estimate of drug-likeness (QED) is 0.534. The number of amides is 1. The molecular formula is C14H24N3O. The molecule has 18 heavy (non-hydrogen) atoms. The highest BCUT2D eigenvalue weighted by atomic mass is 16.1. The zero-order valence-electron chi connectivity index (χ0n) is 11.1. The molecule has 1 radical (unpaired) electrons. The van der Waals surface area contributed by atoms with Crippen molar-refractivity contribution in [3.8, 4) is 0 Å². The Morgan fingerprint density at radius 3 is 2.06 bits per heavy atom. The molecule has 0 aromatic rings. The standard InChI is InChI=1S/C14H24N3O/c18-11-15-7-10-16-8-5-14(6-9-16)17(12-1-2-12)13-3-4-13/h12-14H,1-10H2,(H,15,18). The molecule has 0 aromatic carbocycles. The van der Waals surface area contributed by atoms with Crippen LogP contribution in [0, 0.1) is 0 Å². The molecule has 3 rings (SSSR count). The Balaban J connectivity index is 1.42. The lowest BCUT2D eigenvalue weighted by Crippen LogP contribution is -2.47. The normalized spacial score (nSPS) is 26.5. The molecule has 0 aromatic heterocycles. The van der Waals surface area contributed by atoms with Crippen LogP contribution >= 0.6 is 0 Å². The van der Waals surface area contributed by atoms with Gasteiger partial charge in [0.05, 0.1) is 0 Å². The van der Waals surface area contributed by atoms with Crippen LogP contribution in [0.2, 0.25) is 0 Å². The van der Waals surface area contributed by atoms with E-state index in [2.05, 4.69) is 15.1 Å². The van der Waals surface area contributed by atoms with Crippen LogP contribution in [-0.2, 0) is 4.79 Å². The van der Waals surface area contributed by atoms with Gasteiger partial charge < -0.3 is 10.2 Å². The Morgan fingerprint density at radius 1 is 1.00 bits per heavy atom. The average Bonchev–Trinajstić information content (AvgIpc) is 3.26. The van der Waals surface area contributed by atoms with Crippen molar-refractivity contribution in [1.82, 2.24) is 15.1 Å². The van der Waals surface area contributed by atoms with E-state index in [1.165, 1.54) is 51.6 Å². The summed E-state index contributed by atoms with van der Waals surface area (Å²) in [6, 6.07) is 2.70. The lowest BCUT2D eigenvalue weighted by molar-refractivity contribution is 0.0966. The number of rotatable bonds is 7. The topological polar surface area (TPSA) is 35.6 Å². The SMILES string of the molecule is O=[C]NCCN1CCC(N(C2CC2)C2CC2)CC1. The van der Waals surface area contributed by atoms with Crippen molar-refractivity contribution in [2.24, 2.45) is 0 Å². The summed E-state index contributed by atoms with van der Waals surface area (Å²) in [6.07, 6.45) is 10.1. The third-order valence-electron chi connectivity index (χ3n) is 4.54. The van der Waals surface area contributed by atoms with Gasteiger partial charge in [0.15, 0.2) is 0 Å². The summed E-state index contributed by atoms with van der Waals surface area (Å²) in [6.45, 7) is 4.11. The highest BCUT2D eigenvalue weighted by molar-refractivity contribution is 5.46. The average molecular weight is 250 g/mol. The molecule has 1 heterocycles. The van der Waals surface area contributed by atoms with Crippen LogP contribution < -0.4 is 5.32 Å². The van der Waals surface area contributed by atoms with Crippen LogP contribution in [-0.4, -0.2) is 60.5 Å². The zero-order valence-corrected chi connectivity index (χ0v) is 11.1. The Kier molecular flexibility index (Phi) is 3.85. The number of nitrogens with one attached hydrogen (secondary N) is 1. The summed E-state index contributed by atoms with van der Waals surface area (Å²) in [7, 11) is 0. The van der Waals surface area contributed by atoms with Gasteiger partial charge in [0.1, 0.15) is 0 Å². The van der Waals surface area contributed by atoms with Crippen molar-refractivity contribution >= 4 is 6.41 Å². The van der Waals surface area contributed by atoms with Crippen LogP contribution in [0.15, 0.2) is 0 Å². The van der Waals surface area contributed by atoms with Crippen LogP contribution in [0.1, 0.15) is 38.5 Å². The summed E-state index contributed by atoms with van der Waals surface area (Å²) in [5, 5.41) is 2.63. The third-order valence-corrected chi connectivity index (χ3v) is 4.54. The third kappa shape index (κ3) is 3.04. The first-order valence-electron chi connectivity index (χ1n) is 7.48. The smallest absolute Gasteiger partial charge is 0.309 e. The maximum absolute atomic E-state index is 10.1. The largest absolute Gasteiger partial charge is 0.347 e. The van der Waals surface area contributed by atoms with Gasteiger partial charge in [-0.15, -0.1) is 0 Å². The summed E-state index contributed by atoms with van der Waals surface area (Å²) in [5.41, 5.74) is 0. The first-order valence-corrected chi connectivity index (χ1v) is 7.48. The molecule has 0 atom stereocenters. The van der Waals surface area contributed by atoms with Gasteiger partial charge in [-0.25, -0.2) is 0 Å². The minimum Gasteiger partial charge on any atom is -0.347 e. The molecule has 3 aliphatic rings. The Labute approximate surface area is 110 Å². The van der Waals surface area contributed by atoms with Crippen LogP contribution in [0.25, 0.3) is 0 Å². The maximum atomic E-state index is 10.1. The van der Waals surface area contributed by atoms with E-state index >= 15 is 0 Å². The highest BCUT2D eigenvalue weighted by Crippen LogP contribution is 2.40. The number of likely N-dealkylation sites (tertiary alicyclic amines) is 1. The number of piperidine rings is 1. The van der Waals surface area contributed by atoms with Crippen LogP contribution in [0.4, 0.5) is 0 Å². The Morgan fingerprint density at radius 2 is 1.56 bits per heavy atom. The van der Waals surface area contributed by atoms with Gasteiger partial charge in [-0.1, -0.05) is 0 Å². The number of hydrogen-bond acceptors (Lipinski definition) is 3. The second kappa shape index (κ2) is 5.57. The van der Waals surface area contributed by atoms with Crippen molar-refractivity contribution in [1.29, 1.82) is 0 Å². The molecule has 3 fully saturated rings. The van der Waals surface area contributed by atoms with Gasteiger partial charge in [-0.05, 0) is 51.6 Å². The fourth-order valence-electron chi connectivity index (χ4n) is 3.35. The maximum Gasteiger partial charge on any atom is 0.309 e. The van der Waals surface area contributed by atoms with Crippen LogP contribution in [0.3, 0.4) is 0 Å². The summed E-state index contributed by atoms with van der Waals surface area (Å²) in [4.78, 5) is 15.4. The molecule has 0 unspecified atom stereocenters. The van der Waals surface area contributed by atoms with E-state index in [9.17, 15) is 4.79 Å². The van der Waals surface area contributed by atoms with E-state index in [4.69, 9.17) is 0 Å². The predicted octanol–water partition coefficient (Wildman–Crippen LogP) is 0.734. The summed E-state index contributed by atoms with van der Waals surface area (Å²) >= 11 is 0. The molecule has 2 aliphatic carbocycles. The minimum atomic E-state index is 0.739. The first-order chi connectivity index (χ1) is 8.88. The van der Waals surface area contributed by atoms with E-state index < -0.39 is 0 Å². The van der Waals surface area contributed by atoms with Crippen molar-refractivity contribution < 1.29 is 4.79 Å². The lowest BCUT2D eigenvalue weighted by Gasteiger charge is -2.39. The van der Waals surface area contributed by atoms with Gasteiger partial charge >= 0.3 is 6.41 Å². The molecule has 4 heteroatoms. The van der Waals surface area contributed by atoms with Gasteiger partial charge in [0.25, 0.3) is 0 Å². The van der Waals surface area contributed by atoms with Crippen LogP contribution in [0.5, 0.6) is 0 Å². The Hall–Kier alpha value is -0.610. The van der Waals surface area contributed by atoms with E-state index in [0.717, 1.165) is 31.2 Å². The van der Waals surface area contributed by atoms with E-state index in [1.54, 1.807) is 6.41 Å². The number of carbonyl (C=O) groups excluding carboxylic acids is 1. The molecule has 1 N–H and O–H groups in total. The highest BCUT2D eigenvalue weighted by Gasteiger charge is 2.43. The zero-order chi connectivity index (χ0) is 12.4. The van der Waals surface area contributed by atoms with Crippen molar-refractivity contribution in [2.45, 2.75) is 56.7 Å². The molecule has 1 amide bonds. The van der Waals surface area contributed by atoms with Crippen molar-refractivity contribution in [3.05, 3.63) is 0 Å². The molecule has 0 bridgehead atoms. The number of hydrogen-bond donors (Lipinski definition) is 1. The van der Waals surface area contributed by atoms with Crippen molar-refractivity contribution in [2.75, 3.05) is 26.2 Å². The second-order valence-electron chi connectivity index (χ2n) is 6.01. The molecule has 2 saturated carbocycles. The molecule has 4 nitrogen and oxygen atoms in total. The summed E-state index contributed by atoms with van der Waals surface area (Å²) < 4.78 is 0. The molecule has 101 valence electrons. The second-order valence-corrected chi connectivity index (χ2v) is 6.01. The van der Waals surface area contributed by atoms with Gasteiger partial charge in [-0.3, -0.25) is 9.69 Å². The fourth-order valence-corrected chi connectivity index (χ4v) is 3.35. The molecular weight excluding hydrogens is 226 g/mol. The first kappa shape index (κ1) is 12.4. The predicted molar refractivity (Wildman–Crippen MR) is 71.0 cm³/mol. The molecule has 1 aliphatic heterocycles. The minimum absolute atomic E-state index is 0.739. The van der Waals surface area contributed by atoms with Gasteiger partial charge in [0, 0.05) is 31.2 Å². The van der Waals surface area contributed by atoms with Gasteiger partial charge in [-0.2, -0.15) is 0 Å². The molecule has 1 saturated heterocycles. The number of nitrogens with zero attached hydrogens (tertiary/aromatic N) is 2.